The minimum Gasteiger partial charge on any atom is -0.457 e. The first-order valence-electron chi connectivity index (χ1n) is 33.6. The predicted molar refractivity (Wildman–Crippen MR) is 398 cm³/mol. The topological polar surface area (TPSA) is 196 Å². The number of para-hydroxylation sites is 8. The highest BCUT2D eigenvalue weighted by Gasteiger charge is 2.47. The van der Waals surface area contributed by atoms with Crippen molar-refractivity contribution in [2.75, 3.05) is 10.6 Å². The largest absolute Gasteiger partial charge is 0.457 e. The summed E-state index contributed by atoms with van der Waals surface area (Å²) in [5, 5.41) is 10.7. The Morgan fingerprint density at radius 1 is 0.279 bits per heavy atom. The van der Waals surface area contributed by atoms with Crippen LogP contribution in [0.25, 0.3) is 87.0 Å². The SMILES string of the molecule is O=C(Nc1ccccc1)C(c1ccc2oc3ccccc3c2c1)N1C(=O)c2cc(Oc3ccccc3)c3c4c(Oc5ccccc5)cc5c6c(cc(Oc7ccccc7)c(c7c(Oc8ccccc8)cc(c2c37)C1=O)c64)C(=O)N(C(C(=O)Nc1ccccc1)c1ccc2oc3ccccc3c2c1)C5=O. The van der Waals surface area contributed by atoms with Crippen molar-refractivity contribution in [3.05, 3.63) is 325 Å². The van der Waals surface area contributed by atoms with E-state index in [-0.39, 0.29) is 88.3 Å². The van der Waals surface area contributed by atoms with Crippen molar-refractivity contribution in [1.29, 1.82) is 0 Å². The predicted octanol–water partition coefficient (Wildman–Crippen LogP) is 20.7. The number of nitrogens with one attached hydrogen (secondary N) is 2. The van der Waals surface area contributed by atoms with Crippen molar-refractivity contribution in [1.82, 2.24) is 9.80 Å². The first-order valence-corrected chi connectivity index (χ1v) is 33.6. The van der Waals surface area contributed by atoms with Gasteiger partial charge in [0, 0.05) is 76.0 Å². The number of ether oxygens (including phenoxy) is 4. The number of hydrogen-bond acceptors (Lipinski definition) is 12. The van der Waals surface area contributed by atoms with Crippen LogP contribution in [0, 0.1) is 0 Å². The standard InChI is InChI=1S/C88H52N4O12/c93-83(89-51-23-7-1-8-24-51)81(49-39-41-67-59(43-49)57-35-19-21-37-65(57)103-67)91-85(95)61-45-69(99-53-27-11-3-12-28-53)75-77-71(101-55-31-15-5-16-32-55)47-63-74-64(88(98)92(87(63)97)82(84(94)90-52-25-9-2-10-26-52)50-40-42-68-60(44-50)58-36-20-22-38-66(58)104-68)48-72(102-56-33-17-6-18-34-56)78(80(74)77)76-70(100-54-29-13-4-14-30-54)46-62(86(91)96)73(61)79(75)76/h1-48,81-82H,(H,89,93)(H,90,94). The second-order valence-corrected chi connectivity index (χ2v) is 25.5. The Morgan fingerprint density at radius 3 is 0.856 bits per heavy atom. The van der Waals surface area contributed by atoms with Crippen molar-refractivity contribution >= 4 is 134 Å². The van der Waals surface area contributed by atoms with Crippen LogP contribution in [-0.2, 0) is 9.59 Å². The average molecular weight is 1360 g/mol. The molecule has 2 aromatic heterocycles. The van der Waals surface area contributed by atoms with Gasteiger partial charge in [-0.1, -0.05) is 158 Å². The monoisotopic (exact) mass is 1360 g/mol. The molecule has 16 nitrogen and oxygen atoms in total. The Labute approximate surface area is 590 Å². The van der Waals surface area contributed by atoms with Gasteiger partial charge in [-0.25, -0.2) is 0 Å². The molecule has 0 radical (unpaired) electrons. The molecule has 104 heavy (non-hydrogen) atoms. The fraction of sp³-hybridized carbons (Fsp3) is 0.0227. The summed E-state index contributed by atoms with van der Waals surface area (Å²) in [5.74, 6) is -3.20. The van der Waals surface area contributed by atoms with Crippen molar-refractivity contribution in [2.24, 2.45) is 0 Å². The number of furan rings is 2. The number of amides is 6. The van der Waals surface area contributed by atoms with E-state index < -0.39 is 47.5 Å². The molecular weight excluding hydrogens is 1300 g/mol. The summed E-state index contributed by atoms with van der Waals surface area (Å²) in [5.41, 5.74) is 3.55. The van der Waals surface area contributed by atoms with Crippen LogP contribution in [0.4, 0.5) is 11.4 Å². The highest BCUT2D eigenvalue weighted by Crippen LogP contribution is 2.59. The Balaban J connectivity index is 0.922. The normalized spacial score (nSPS) is 13.4. The lowest BCUT2D eigenvalue weighted by Gasteiger charge is -2.36. The Kier molecular flexibility index (Phi) is 14.1. The van der Waals surface area contributed by atoms with E-state index in [0.29, 0.717) is 78.6 Å². The molecule has 19 rings (SSSR count). The van der Waals surface area contributed by atoms with Gasteiger partial charge in [0.2, 0.25) is 0 Å². The molecule has 0 aliphatic carbocycles. The molecule has 0 saturated carbocycles. The lowest BCUT2D eigenvalue weighted by atomic mass is 9.80. The Morgan fingerprint density at radius 2 is 0.548 bits per heavy atom. The van der Waals surface area contributed by atoms with Crippen LogP contribution in [-0.4, -0.2) is 45.2 Å². The zero-order valence-electron chi connectivity index (χ0n) is 54.7. The number of fused-ring (bicyclic) bond motifs is 8. The van der Waals surface area contributed by atoms with Crippen LogP contribution < -0.4 is 29.6 Å². The molecule has 2 atom stereocenters. The van der Waals surface area contributed by atoms with E-state index in [9.17, 15) is 0 Å². The molecule has 0 spiro atoms. The number of imide groups is 2. The summed E-state index contributed by atoms with van der Waals surface area (Å²) < 4.78 is 41.4. The van der Waals surface area contributed by atoms with Gasteiger partial charge in [0.1, 0.15) is 80.4 Å². The van der Waals surface area contributed by atoms with E-state index in [0.717, 1.165) is 20.6 Å². The molecule has 6 amide bonds. The minimum atomic E-state index is -1.62. The summed E-state index contributed by atoms with van der Waals surface area (Å²) in [4.78, 5) is 99.9. The average Bonchev–Trinajstić information content (AvgIpc) is 0.788. The van der Waals surface area contributed by atoms with Gasteiger partial charge in [-0.05, 0) is 145 Å². The molecule has 16 heteroatoms. The van der Waals surface area contributed by atoms with Crippen LogP contribution >= 0.6 is 0 Å². The highest BCUT2D eigenvalue weighted by molar-refractivity contribution is 6.45. The molecule has 0 fully saturated rings. The van der Waals surface area contributed by atoms with Crippen molar-refractivity contribution < 1.29 is 56.5 Å². The third kappa shape index (κ3) is 9.91. The number of nitrogens with zero attached hydrogens (tertiary/aromatic N) is 2. The molecule has 4 heterocycles. The zero-order chi connectivity index (χ0) is 69.8. The summed E-state index contributed by atoms with van der Waals surface area (Å²) >= 11 is 0. The molecule has 2 aliphatic rings. The third-order valence-electron chi connectivity index (χ3n) is 19.4. The van der Waals surface area contributed by atoms with E-state index >= 15 is 28.8 Å². The maximum atomic E-state index is 16.7. The molecule has 0 saturated heterocycles. The smallest absolute Gasteiger partial charge is 0.262 e. The molecule has 2 unspecified atom stereocenters. The zero-order valence-corrected chi connectivity index (χ0v) is 54.7. The van der Waals surface area contributed by atoms with Gasteiger partial charge >= 0.3 is 0 Å². The number of carbonyl (C=O) groups is 6. The van der Waals surface area contributed by atoms with Crippen molar-refractivity contribution in [3.63, 3.8) is 0 Å². The highest BCUT2D eigenvalue weighted by atomic mass is 16.5. The van der Waals surface area contributed by atoms with Gasteiger partial charge in [0.15, 0.2) is 0 Å². The summed E-state index contributed by atoms with van der Waals surface area (Å²) in [6.07, 6.45) is 0. The molecule has 2 aliphatic heterocycles. The summed E-state index contributed by atoms with van der Waals surface area (Å²) in [7, 11) is 0. The fourth-order valence-corrected chi connectivity index (χ4v) is 14.9. The molecular formula is C88H52N4O12. The number of carbonyl (C=O) groups excluding carboxylic acids is 6. The van der Waals surface area contributed by atoms with Gasteiger partial charge in [0.25, 0.3) is 35.4 Å². The molecule has 17 aromatic rings. The quantitative estimate of drug-likeness (QED) is 0.0528. The van der Waals surface area contributed by atoms with Gasteiger partial charge in [-0.15, -0.1) is 0 Å². The van der Waals surface area contributed by atoms with E-state index in [1.54, 1.807) is 206 Å². The maximum absolute atomic E-state index is 16.7. The van der Waals surface area contributed by atoms with E-state index in [4.69, 9.17) is 27.8 Å². The van der Waals surface area contributed by atoms with Crippen LogP contribution in [0.15, 0.2) is 300 Å². The molecule has 15 aromatic carbocycles. The third-order valence-corrected chi connectivity index (χ3v) is 19.4. The van der Waals surface area contributed by atoms with E-state index in [1.807, 2.05) is 84.9 Å². The summed E-state index contributed by atoms with van der Waals surface area (Å²) in [6, 6.07) is 81.6. The minimum absolute atomic E-state index is 0.0309. The maximum Gasteiger partial charge on any atom is 0.262 e. The Hall–Kier alpha value is -14.4. The lowest BCUT2D eigenvalue weighted by molar-refractivity contribution is -0.120. The van der Waals surface area contributed by atoms with Gasteiger partial charge in [-0.3, -0.25) is 38.6 Å². The molecule has 0 bridgehead atoms. The van der Waals surface area contributed by atoms with Crippen molar-refractivity contribution in [3.8, 4) is 46.0 Å². The van der Waals surface area contributed by atoms with E-state index in [2.05, 4.69) is 10.6 Å². The fourth-order valence-electron chi connectivity index (χ4n) is 14.9. The lowest BCUT2D eigenvalue weighted by Crippen LogP contribution is -2.47. The number of hydrogen-bond donors (Lipinski definition) is 2. The van der Waals surface area contributed by atoms with Gasteiger partial charge in [0.05, 0.1) is 22.3 Å². The second-order valence-electron chi connectivity index (χ2n) is 25.5. The number of anilines is 2. The number of benzene rings is 15. The first-order chi connectivity index (χ1) is 51.1. The van der Waals surface area contributed by atoms with Gasteiger partial charge < -0.3 is 38.4 Å². The van der Waals surface area contributed by atoms with Crippen molar-refractivity contribution in [2.45, 2.75) is 12.1 Å². The van der Waals surface area contributed by atoms with Crippen LogP contribution in [0.2, 0.25) is 0 Å². The number of rotatable bonds is 16. The van der Waals surface area contributed by atoms with Crippen LogP contribution in [0.5, 0.6) is 46.0 Å². The first kappa shape index (κ1) is 60.8. The van der Waals surface area contributed by atoms with E-state index in [1.165, 1.54) is 0 Å². The molecule has 496 valence electrons. The Bertz CT molecular complexity index is 5840. The summed E-state index contributed by atoms with van der Waals surface area (Å²) in [6.45, 7) is 0. The molecule has 2 N–H and O–H groups in total. The van der Waals surface area contributed by atoms with Gasteiger partial charge in [-0.2, -0.15) is 0 Å². The van der Waals surface area contributed by atoms with Crippen LogP contribution in [0.3, 0.4) is 0 Å². The second kappa shape index (κ2) is 24.2. The van der Waals surface area contributed by atoms with Crippen LogP contribution in [0.1, 0.15) is 64.6 Å².